The van der Waals surface area contributed by atoms with Crippen molar-refractivity contribution in [2.45, 2.75) is 6.54 Å². The molecule has 0 spiro atoms. The van der Waals surface area contributed by atoms with Crippen molar-refractivity contribution < 1.29 is 9.72 Å². The third-order valence-corrected chi connectivity index (χ3v) is 3.39. The number of aromatic amines is 1. The fourth-order valence-electron chi connectivity index (χ4n) is 1.62. The van der Waals surface area contributed by atoms with Gasteiger partial charge in [0.1, 0.15) is 0 Å². The van der Waals surface area contributed by atoms with Gasteiger partial charge in [-0.1, -0.05) is 5.10 Å². The monoisotopic (exact) mass is 342 g/mol. The number of nitro groups is 1. The van der Waals surface area contributed by atoms with Crippen LogP contribution in [-0.2, 0) is 13.6 Å². The Hall–Kier alpha value is -2.23. The highest BCUT2D eigenvalue weighted by molar-refractivity contribution is 9.10. The number of amides is 1. The van der Waals surface area contributed by atoms with Gasteiger partial charge in [-0.05, 0) is 20.9 Å². The van der Waals surface area contributed by atoms with Crippen molar-refractivity contribution in [3.63, 3.8) is 0 Å². The molecule has 2 aromatic rings. The number of aryl methyl sites for hydroxylation is 1. The van der Waals surface area contributed by atoms with Crippen LogP contribution in [0.1, 0.15) is 16.2 Å². The van der Waals surface area contributed by atoms with E-state index < -0.39 is 10.8 Å². The Morgan fingerprint density at radius 3 is 2.85 bits per heavy atom. The zero-order chi connectivity index (χ0) is 14.9. The molecular formula is C10H11BrN6O3. The van der Waals surface area contributed by atoms with Crippen LogP contribution in [0.3, 0.4) is 0 Å². The van der Waals surface area contributed by atoms with Gasteiger partial charge in [0.15, 0.2) is 5.69 Å². The highest BCUT2D eigenvalue weighted by atomic mass is 79.9. The zero-order valence-electron chi connectivity index (χ0n) is 10.7. The van der Waals surface area contributed by atoms with Gasteiger partial charge >= 0.3 is 5.82 Å². The molecule has 20 heavy (non-hydrogen) atoms. The fraction of sp³-hybridized carbons (Fsp3) is 0.300. The fourth-order valence-corrected chi connectivity index (χ4v) is 2.09. The number of nitrogens with zero attached hydrogens (tertiary/aromatic N) is 5. The lowest BCUT2D eigenvalue weighted by molar-refractivity contribution is -0.389. The Kier molecular flexibility index (Phi) is 3.84. The Labute approximate surface area is 121 Å². The third-order valence-electron chi connectivity index (χ3n) is 2.72. The number of hydrogen-bond acceptors (Lipinski definition) is 5. The lowest BCUT2D eigenvalue weighted by Crippen LogP contribution is -2.27. The molecule has 0 aliphatic heterocycles. The van der Waals surface area contributed by atoms with Gasteiger partial charge in [-0.3, -0.25) is 9.48 Å². The molecule has 2 heterocycles. The number of halogens is 1. The van der Waals surface area contributed by atoms with Gasteiger partial charge in [-0.2, -0.15) is 5.10 Å². The Balaban J connectivity index is 2.14. The zero-order valence-corrected chi connectivity index (χ0v) is 12.3. The summed E-state index contributed by atoms with van der Waals surface area (Å²) in [4.78, 5) is 23.4. The summed E-state index contributed by atoms with van der Waals surface area (Å²) >= 11 is 3.34. The van der Waals surface area contributed by atoms with E-state index in [0.29, 0.717) is 6.54 Å². The Morgan fingerprint density at radius 1 is 1.65 bits per heavy atom. The molecule has 0 aliphatic rings. The summed E-state index contributed by atoms with van der Waals surface area (Å²) in [6, 6.07) is 1.11. The Bertz CT molecular complexity index is 644. The predicted molar refractivity (Wildman–Crippen MR) is 71.9 cm³/mol. The summed E-state index contributed by atoms with van der Waals surface area (Å²) in [5, 5.41) is 20.4. The van der Waals surface area contributed by atoms with Gasteiger partial charge in [0.05, 0.1) is 29.0 Å². The van der Waals surface area contributed by atoms with Crippen molar-refractivity contribution >= 4 is 27.7 Å². The van der Waals surface area contributed by atoms with Crippen molar-refractivity contribution in [3.8, 4) is 0 Å². The summed E-state index contributed by atoms with van der Waals surface area (Å²) in [6.45, 7) is 0.302. The van der Waals surface area contributed by atoms with Gasteiger partial charge in [0, 0.05) is 14.1 Å². The Morgan fingerprint density at radius 2 is 2.35 bits per heavy atom. The summed E-state index contributed by atoms with van der Waals surface area (Å²) in [5.74, 6) is -0.731. The molecule has 2 rings (SSSR count). The van der Waals surface area contributed by atoms with Crippen LogP contribution in [0.15, 0.2) is 16.7 Å². The topological polar surface area (TPSA) is 110 Å². The molecule has 0 saturated heterocycles. The lowest BCUT2D eigenvalue weighted by atomic mass is 10.3. The van der Waals surface area contributed by atoms with E-state index >= 15 is 0 Å². The molecule has 1 N–H and O–H groups in total. The van der Waals surface area contributed by atoms with Crippen LogP contribution in [0.5, 0.6) is 0 Å². The van der Waals surface area contributed by atoms with Crippen LogP contribution in [0, 0.1) is 10.1 Å². The highest BCUT2D eigenvalue weighted by Crippen LogP contribution is 2.18. The average molecular weight is 343 g/mol. The molecule has 0 unspecified atom stereocenters. The standard InChI is InChI=1S/C10H11BrN6O3/c1-15(5-8-6(11)4-12-16(8)2)10(18)7-3-9(14-13-7)17(19)20/h3-4H,5H2,1-2H3,(H,13,14). The summed E-state index contributed by atoms with van der Waals surface area (Å²) in [6.07, 6.45) is 1.63. The van der Waals surface area contributed by atoms with Crippen LogP contribution >= 0.6 is 15.9 Å². The summed E-state index contributed by atoms with van der Waals surface area (Å²) < 4.78 is 2.42. The van der Waals surface area contributed by atoms with Crippen molar-refractivity contribution in [2.75, 3.05) is 7.05 Å². The minimum absolute atomic E-state index is 0.00232. The second kappa shape index (κ2) is 5.41. The number of rotatable bonds is 4. The van der Waals surface area contributed by atoms with Crippen LogP contribution in [0.2, 0.25) is 0 Å². The van der Waals surface area contributed by atoms with E-state index in [1.165, 1.54) is 4.90 Å². The number of carbonyl (C=O) groups is 1. The molecule has 0 saturated carbocycles. The summed E-state index contributed by atoms with van der Waals surface area (Å²) in [7, 11) is 3.35. The molecule has 10 heteroatoms. The van der Waals surface area contributed by atoms with E-state index in [1.807, 2.05) is 0 Å². The molecule has 0 aromatic carbocycles. The first kappa shape index (κ1) is 14.2. The quantitative estimate of drug-likeness (QED) is 0.660. The van der Waals surface area contributed by atoms with Crippen molar-refractivity contribution in [1.29, 1.82) is 0 Å². The van der Waals surface area contributed by atoms with Crippen LogP contribution < -0.4 is 0 Å². The SMILES string of the molecule is CN(Cc1c(Br)cnn1C)C(=O)c1cc([N+](=O)[O-])[nH]n1. The van der Waals surface area contributed by atoms with Crippen LogP contribution in [0.4, 0.5) is 5.82 Å². The molecule has 0 bridgehead atoms. The van der Waals surface area contributed by atoms with E-state index in [-0.39, 0.29) is 11.5 Å². The van der Waals surface area contributed by atoms with Gasteiger partial charge in [-0.15, -0.1) is 5.10 Å². The number of carbonyl (C=O) groups excluding carboxylic acids is 1. The maximum Gasteiger partial charge on any atom is 0.343 e. The van der Waals surface area contributed by atoms with Crippen molar-refractivity contribution in [2.24, 2.45) is 7.05 Å². The molecular weight excluding hydrogens is 332 g/mol. The number of hydrogen-bond donors (Lipinski definition) is 1. The van der Waals surface area contributed by atoms with E-state index in [2.05, 4.69) is 31.2 Å². The summed E-state index contributed by atoms with van der Waals surface area (Å²) in [5.41, 5.74) is 0.809. The number of nitrogens with one attached hydrogen (secondary N) is 1. The van der Waals surface area contributed by atoms with Gasteiger partial charge < -0.3 is 15.0 Å². The van der Waals surface area contributed by atoms with Crippen molar-refractivity contribution in [1.82, 2.24) is 24.9 Å². The van der Waals surface area contributed by atoms with E-state index in [4.69, 9.17) is 0 Å². The smallest absolute Gasteiger partial charge is 0.343 e. The maximum absolute atomic E-state index is 12.1. The van der Waals surface area contributed by atoms with Gasteiger partial charge in [0.2, 0.25) is 0 Å². The third kappa shape index (κ3) is 2.69. The first-order valence-electron chi connectivity index (χ1n) is 5.51. The van der Waals surface area contributed by atoms with E-state index in [1.54, 1.807) is 25.0 Å². The molecule has 0 atom stereocenters. The molecule has 0 radical (unpaired) electrons. The minimum Gasteiger partial charge on any atom is -0.358 e. The molecule has 1 amide bonds. The molecule has 0 aliphatic carbocycles. The predicted octanol–water partition coefficient (Wildman–Crippen LogP) is 1.09. The number of aromatic nitrogens is 4. The molecule has 106 valence electrons. The first-order chi connectivity index (χ1) is 9.40. The first-order valence-corrected chi connectivity index (χ1v) is 6.31. The van der Waals surface area contributed by atoms with E-state index in [0.717, 1.165) is 16.2 Å². The van der Waals surface area contributed by atoms with Gasteiger partial charge in [0.25, 0.3) is 5.91 Å². The van der Waals surface area contributed by atoms with Crippen LogP contribution in [-0.4, -0.2) is 42.8 Å². The van der Waals surface area contributed by atoms with Crippen LogP contribution in [0.25, 0.3) is 0 Å². The number of H-pyrrole nitrogens is 1. The molecule has 0 fully saturated rings. The van der Waals surface area contributed by atoms with Crippen molar-refractivity contribution in [3.05, 3.63) is 38.2 Å². The minimum atomic E-state index is -0.637. The normalized spacial score (nSPS) is 10.6. The average Bonchev–Trinajstić information content (AvgIpc) is 3.00. The second-order valence-electron chi connectivity index (χ2n) is 4.12. The molecule has 2 aromatic heterocycles. The van der Waals surface area contributed by atoms with Gasteiger partial charge in [-0.25, -0.2) is 0 Å². The maximum atomic E-state index is 12.1. The second-order valence-corrected chi connectivity index (χ2v) is 4.97. The largest absolute Gasteiger partial charge is 0.358 e. The lowest BCUT2D eigenvalue weighted by Gasteiger charge is -2.15. The molecule has 9 nitrogen and oxygen atoms in total. The van der Waals surface area contributed by atoms with E-state index in [9.17, 15) is 14.9 Å². The highest BCUT2D eigenvalue weighted by Gasteiger charge is 2.21.